The first kappa shape index (κ1) is 12.6. The van der Waals surface area contributed by atoms with Crippen molar-refractivity contribution in [1.82, 2.24) is 4.90 Å². The molecule has 0 aliphatic carbocycles. The van der Waals surface area contributed by atoms with Gasteiger partial charge < -0.3 is 5.32 Å². The van der Waals surface area contributed by atoms with Gasteiger partial charge in [0, 0.05) is 17.6 Å². The third-order valence-corrected chi connectivity index (χ3v) is 3.27. The summed E-state index contributed by atoms with van der Waals surface area (Å²) in [6, 6.07) is 5.39. The number of hydrogen-bond acceptors (Lipinski definition) is 2. The maximum Gasteiger partial charge on any atom is 0.238 e. The van der Waals surface area contributed by atoms with Crippen molar-refractivity contribution in [3.63, 3.8) is 0 Å². The second-order valence-corrected chi connectivity index (χ2v) is 5.16. The summed E-state index contributed by atoms with van der Waals surface area (Å²) in [6.07, 6.45) is 4.11. The van der Waals surface area contributed by atoms with Gasteiger partial charge in [-0.25, -0.2) is 0 Å². The molecule has 1 aliphatic rings. The number of benzene rings is 1. The molecule has 90 valence electrons. The largest absolute Gasteiger partial charge is 0.324 e. The van der Waals surface area contributed by atoms with Crippen LogP contribution in [-0.2, 0) is 4.79 Å². The molecule has 0 bridgehead atoms. The van der Waals surface area contributed by atoms with E-state index in [2.05, 4.69) is 33.4 Å². The number of nitrogens with zero attached hydrogens (tertiary/aromatic N) is 1. The molecule has 0 fully saturated rings. The molecule has 1 aliphatic heterocycles. The molecule has 0 spiro atoms. The van der Waals surface area contributed by atoms with Gasteiger partial charge in [-0.1, -0.05) is 39.7 Å². The van der Waals surface area contributed by atoms with Crippen molar-refractivity contribution < 1.29 is 4.79 Å². The maximum absolute atomic E-state index is 11.8. The van der Waals surface area contributed by atoms with Gasteiger partial charge in [-0.2, -0.15) is 0 Å². The van der Waals surface area contributed by atoms with Crippen LogP contribution in [0.4, 0.5) is 5.69 Å². The lowest BCUT2D eigenvalue weighted by Gasteiger charge is -2.14. The number of amides is 1. The lowest BCUT2D eigenvalue weighted by molar-refractivity contribution is -0.117. The Balaban J connectivity index is 1.93. The molecule has 0 saturated heterocycles. The van der Waals surface area contributed by atoms with Gasteiger partial charge >= 0.3 is 0 Å². The summed E-state index contributed by atoms with van der Waals surface area (Å²) in [5.74, 6) is -0.0436. The minimum absolute atomic E-state index is 0.0436. The van der Waals surface area contributed by atoms with E-state index in [1.54, 1.807) is 12.1 Å². The van der Waals surface area contributed by atoms with Gasteiger partial charge in [-0.3, -0.25) is 9.69 Å². The standard InChI is InChI=1S/C12H12BrClN2O/c13-9-3-4-11(10(14)7-9)15-12(17)8-16-5-1-2-6-16/h1-4,7H,5-6,8H2,(H,15,17). The van der Waals surface area contributed by atoms with Gasteiger partial charge in [0.25, 0.3) is 0 Å². The van der Waals surface area contributed by atoms with Gasteiger partial charge in [0.05, 0.1) is 17.3 Å². The van der Waals surface area contributed by atoms with Crippen molar-refractivity contribution in [2.24, 2.45) is 0 Å². The van der Waals surface area contributed by atoms with Crippen LogP contribution in [0.3, 0.4) is 0 Å². The van der Waals surface area contributed by atoms with Crippen LogP contribution in [0.15, 0.2) is 34.8 Å². The summed E-state index contributed by atoms with van der Waals surface area (Å²) in [6.45, 7) is 2.06. The summed E-state index contributed by atoms with van der Waals surface area (Å²) in [4.78, 5) is 13.8. The van der Waals surface area contributed by atoms with E-state index in [0.717, 1.165) is 17.6 Å². The van der Waals surface area contributed by atoms with Gasteiger partial charge in [0.15, 0.2) is 0 Å². The Bertz CT molecular complexity index is 454. The average molecular weight is 316 g/mol. The monoisotopic (exact) mass is 314 g/mol. The molecule has 0 unspecified atom stereocenters. The number of carbonyl (C=O) groups excluding carboxylic acids is 1. The van der Waals surface area contributed by atoms with Crippen LogP contribution >= 0.6 is 27.5 Å². The van der Waals surface area contributed by atoms with E-state index < -0.39 is 0 Å². The van der Waals surface area contributed by atoms with Crippen molar-refractivity contribution >= 4 is 39.1 Å². The van der Waals surface area contributed by atoms with Crippen molar-refractivity contribution in [2.75, 3.05) is 25.0 Å². The summed E-state index contributed by atoms with van der Waals surface area (Å²) in [5.41, 5.74) is 0.645. The van der Waals surface area contributed by atoms with E-state index in [0.29, 0.717) is 17.3 Å². The summed E-state index contributed by atoms with van der Waals surface area (Å²) < 4.78 is 0.893. The van der Waals surface area contributed by atoms with E-state index in [1.807, 2.05) is 11.0 Å². The minimum atomic E-state index is -0.0436. The molecule has 0 atom stereocenters. The van der Waals surface area contributed by atoms with Crippen LogP contribution in [0.2, 0.25) is 5.02 Å². The van der Waals surface area contributed by atoms with E-state index in [9.17, 15) is 4.79 Å². The first-order valence-electron chi connectivity index (χ1n) is 5.27. The van der Waals surface area contributed by atoms with Crippen LogP contribution < -0.4 is 5.32 Å². The third kappa shape index (κ3) is 3.56. The summed E-state index contributed by atoms with van der Waals surface area (Å²) >= 11 is 9.34. The smallest absolute Gasteiger partial charge is 0.238 e. The lowest BCUT2D eigenvalue weighted by Crippen LogP contribution is -2.31. The summed E-state index contributed by atoms with van der Waals surface area (Å²) in [5, 5.41) is 3.34. The minimum Gasteiger partial charge on any atom is -0.324 e. The molecule has 3 nitrogen and oxygen atoms in total. The third-order valence-electron chi connectivity index (χ3n) is 2.47. The highest BCUT2D eigenvalue weighted by molar-refractivity contribution is 9.10. The SMILES string of the molecule is O=C(CN1CC=CC1)Nc1ccc(Br)cc1Cl. The van der Waals surface area contributed by atoms with Gasteiger partial charge in [0.1, 0.15) is 0 Å². The molecule has 2 rings (SSSR count). The van der Waals surface area contributed by atoms with Crippen LogP contribution in [0.5, 0.6) is 0 Å². The zero-order valence-electron chi connectivity index (χ0n) is 9.12. The molecular formula is C12H12BrClN2O. The molecule has 0 radical (unpaired) electrons. The zero-order chi connectivity index (χ0) is 12.3. The highest BCUT2D eigenvalue weighted by Gasteiger charge is 2.12. The number of hydrogen-bond donors (Lipinski definition) is 1. The molecule has 17 heavy (non-hydrogen) atoms. The molecular weight excluding hydrogens is 304 g/mol. The van der Waals surface area contributed by atoms with Crippen molar-refractivity contribution in [3.8, 4) is 0 Å². The fourth-order valence-corrected chi connectivity index (χ4v) is 2.36. The molecule has 0 saturated carbocycles. The van der Waals surface area contributed by atoms with Crippen LogP contribution in [0.25, 0.3) is 0 Å². The number of anilines is 1. The Morgan fingerprint density at radius 2 is 2.12 bits per heavy atom. The first-order valence-corrected chi connectivity index (χ1v) is 6.44. The molecule has 5 heteroatoms. The Morgan fingerprint density at radius 3 is 2.76 bits per heavy atom. The second kappa shape index (κ2) is 5.67. The predicted molar refractivity (Wildman–Crippen MR) is 73.4 cm³/mol. The highest BCUT2D eigenvalue weighted by Crippen LogP contribution is 2.25. The lowest BCUT2D eigenvalue weighted by atomic mass is 10.3. The average Bonchev–Trinajstić information content (AvgIpc) is 2.75. The first-order chi connectivity index (χ1) is 8.15. The molecule has 1 N–H and O–H groups in total. The molecule has 1 aromatic rings. The van der Waals surface area contributed by atoms with E-state index in [1.165, 1.54) is 0 Å². The normalized spacial score (nSPS) is 15.2. The van der Waals surface area contributed by atoms with Crippen LogP contribution in [0.1, 0.15) is 0 Å². The maximum atomic E-state index is 11.8. The number of carbonyl (C=O) groups is 1. The molecule has 1 amide bonds. The van der Waals surface area contributed by atoms with Crippen molar-refractivity contribution in [3.05, 3.63) is 39.8 Å². The van der Waals surface area contributed by atoms with Gasteiger partial charge in [-0.05, 0) is 18.2 Å². The molecule has 1 heterocycles. The van der Waals surface area contributed by atoms with E-state index >= 15 is 0 Å². The number of nitrogens with one attached hydrogen (secondary N) is 1. The second-order valence-electron chi connectivity index (χ2n) is 3.84. The quantitative estimate of drug-likeness (QED) is 0.870. The number of halogens is 2. The van der Waals surface area contributed by atoms with E-state index in [-0.39, 0.29) is 5.91 Å². The Labute approximate surface area is 114 Å². The Hall–Kier alpha value is -0.840. The molecule has 0 aromatic heterocycles. The van der Waals surface area contributed by atoms with Gasteiger partial charge in [0.2, 0.25) is 5.91 Å². The molecule has 1 aromatic carbocycles. The van der Waals surface area contributed by atoms with Crippen LogP contribution in [-0.4, -0.2) is 30.4 Å². The Morgan fingerprint density at radius 1 is 1.41 bits per heavy atom. The van der Waals surface area contributed by atoms with Crippen molar-refractivity contribution in [2.45, 2.75) is 0 Å². The highest BCUT2D eigenvalue weighted by atomic mass is 79.9. The summed E-state index contributed by atoms with van der Waals surface area (Å²) in [7, 11) is 0. The van der Waals surface area contributed by atoms with Crippen LogP contribution in [0, 0.1) is 0 Å². The fourth-order valence-electron chi connectivity index (χ4n) is 1.63. The van der Waals surface area contributed by atoms with Crippen molar-refractivity contribution in [1.29, 1.82) is 0 Å². The number of rotatable bonds is 3. The topological polar surface area (TPSA) is 32.3 Å². The van der Waals surface area contributed by atoms with Gasteiger partial charge in [-0.15, -0.1) is 0 Å². The predicted octanol–water partition coefficient (Wildman–Crippen LogP) is 2.91. The zero-order valence-corrected chi connectivity index (χ0v) is 11.5. The van der Waals surface area contributed by atoms with E-state index in [4.69, 9.17) is 11.6 Å². The Kier molecular flexibility index (Phi) is 4.20. The fraction of sp³-hybridized carbons (Fsp3) is 0.250.